The third-order valence-electron chi connectivity index (χ3n) is 2.71. The Labute approximate surface area is 119 Å². The molecule has 0 saturated heterocycles. The van der Waals surface area contributed by atoms with E-state index in [0.717, 1.165) is 0 Å². The van der Waals surface area contributed by atoms with Crippen molar-refractivity contribution in [1.82, 2.24) is 9.97 Å². The zero-order chi connectivity index (χ0) is 15.4. The minimum absolute atomic E-state index is 0.0580. The van der Waals surface area contributed by atoms with Gasteiger partial charge < -0.3 is 14.5 Å². The number of rotatable bonds is 5. The van der Waals surface area contributed by atoms with E-state index in [1.54, 1.807) is 26.0 Å². The van der Waals surface area contributed by atoms with Gasteiger partial charge in [-0.25, -0.2) is 9.78 Å². The maximum Gasteiger partial charge on any atom is 0.387 e. The summed E-state index contributed by atoms with van der Waals surface area (Å²) in [7, 11) is 0. The second-order valence-electron chi connectivity index (χ2n) is 4.18. The van der Waals surface area contributed by atoms with Gasteiger partial charge in [0.1, 0.15) is 11.6 Å². The highest BCUT2D eigenvalue weighted by atomic mass is 19.3. The molecule has 0 fully saturated rings. The van der Waals surface area contributed by atoms with Crippen LogP contribution in [0.5, 0.6) is 5.75 Å². The van der Waals surface area contributed by atoms with Crippen molar-refractivity contribution in [1.29, 1.82) is 0 Å². The summed E-state index contributed by atoms with van der Waals surface area (Å²) in [6, 6.07) is 5.96. The SMILES string of the molecule is CCOC(=O)c1nc(-c2ccc(OC(F)F)cc2)[nH]c1C. The average Bonchev–Trinajstić information content (AvgIpc) is 2.81. The summed E-state index contributed by atoms with van der Waals surface area (Å²) in [5.74, 6) is 0.0111. The monoisotopic (exact) mass is 296 g/mol. The zero-order valence-corrected chi connectivity index (χ0v) is 11.5. The number of carbonyl (C=O) groups is 1. The number of H-pyrrole nitrogens is 1. The number of esters is 1. The Morgan fingerprint density at radius 3 is 2.57 bits per heavy atom. The van der Waals surface area contributed by atoms with Crippen molar-refractivity contribution in [3.63, 3.8) is 0 Å². The van der Waals surface area contributed by atoms with E-state index in [9.17, 15) is 13.6 Å². The number of nitrogens with one attached hydrogen (secondary N) is 1. The van der Waals surface area contributed by atoms with Crippen molar-refractivity contribution in [3.05, 3.63) is 35.7 Å². The lowest BCUT2D eigenvalue weighted by atomic mass is 10.2. The van der Waals surface area contributed by atoms with Gasteiger partial charge in [-0.1, -0.05) is 0 Å². The van der Waals surface area contributed by atoms with E-state index >= 15 is 0 Å². The molecule has 1 heterocycles. The summed E-state index contributed by atoms with van der Waals surface area (Å²) in [5, 5.41) is 0. The van der Waals surface area contributed by atoms with E-state index in [1.165, 1.54) is 12.1 Å². The highest BCUT2D eigenvalue weighted by molar-refractivity contribution is 5.89. The first-order valence-electron chi connectivity index (χ1n) is 6.30. The van der Waals surface area contributed by atoms with Crippen LogP contribution in [0.2, 0.25) is 0 Å². The van der Waals surface area contributed by atoms with Crippen LogP contribution in [0.3, 0.4) is 0 Å². The molecule has 0 radical (unpaired) electrons. The molecule has 0 spiro atoms. The lowest BCUT2D eigenvalue weighted by molar-refractivity contribution is -0.0498. The maximum atomic E-state index is 12.1. The van der Waals surface area contributed by atoms with Crippen molar-refractivity contribution in [2.75, 3.05) is 6.61 Å². The van der Waals surface area contributed by atoms with Gasteiger partial charge in [0.25, 0.3) is 0 Å². The molecule has 0 bridgehead atoms. The molecule has 112 valence electrons. The first-order valence-corrected chi connectivity index (χ1v) is 6.30. The molecule has 1 aromatic heterocycles. The first-order chi connectivity index (χ1) is 10.0. The fourth-order valence-corrected chi connectivity index (χ4v) is 1.79. The fourth-order valence-electron chi connectivity index (χ4n) is 1.79. The Morgan fingerprint density at radius 1 is 1.33 bits per heavy atom. The van der Waals surface area contributed by atoms with Crippen LogP contribution in [0.4, 0.5) is 8.78 Å². The molecule has 0 aliphatic rings. The summed E-state index contributed by atoms with van der Waals surface area (Å²) in [4.78, 5) is 18.8. The molecule has 0 aliphatic carbocycles. The molecule has 1 N–H and O–H groups in total. The molecule has 1 aromatic carbocycles. The number of aryl methyl sites for hydroxylation is 1. The maximum absolute atomic E-state index is 12.1. The summed E-state index contributed by atoms with van der Waals surface area (Å²) in [5.41, 5.74) is 1.44. The molecule has 2 aromatic rings. The quantitative estimate of drug-likeness (QED) is 0.861. The number of nitrogens with zero attached hydrogens (tertiary/aromatic N) is 1. The van der Waals surface area contributed by atoms with E-state index in [0.29, 0.717) is 17.1 Å². The van der Waals surface area contributed by atoms with Gasteiger partial charge in [-0.15, -0.1) is 0 Å². The second-order valence-corrected chi connectivity index (χ2v) is 4.18. The predicted octanol–water partition coefficient (Wildman–Crippen LogP) is 3.16. The summed E-state index contributed by atoms with van der Waals surface area (Å²) >= 11 is 0. The van der Waals surface area contributed by atoms with E-state index in [-0.39, 0.29) is 18.1 Å². The van der Waals surface area contributed by atoms with Crippen LogP contribution in [-0.4, -0.2) is 29.2 Å². The molecule has 0 amide bonds. The lowest BCUT2D eigenvalue weighted by Crippen LogP contribution is -2.06. The predicted molar refractivity (Wildman–Crippen MR) is 71.3 cm³/mol. The van der Waals surface area contributed by atoms with Crippen molar-refractivity contribution < 1.29 is 23.0 Å². The number of ether oxygens (including phenoxy) is 2. The average molecular weight is 296 g/mol. The smallest absolute Gasteiger partial charge is 0.387 e. The highest BCUT2D eigenvalue weighted by Gasteiger charge is 2.16. The van der Waals surface area contributed by atoms with Crippen LogP contribution >= 0.6 is 0 Å². The lowest BCUT2D eigenvalue weighted by Gasteiger charge is -2.04. The zero-order valence-electron chi connectivity index (χ0n) is 11.5. The third kappa shape index (κ3) is 3.56. The van der Waals surface area contributed by atoms with Crippen LogP contribution in [0, 0.1) is 6.92 Å². The van der Waals surface area contributed by atoms with Gasteiger partial charge in [0.2, 0.25) is 0 Å². The topological polar surface area (TPSA) is 64.2 Å². The number of alkyl halides is 2. The number of hydrogen-bond acceptors (Lipinski definition) is 4. The Bertz CT molecular complexity index is 624. The van der Waals surface area contributed by atoms with Gasteiger partial charge in [-0.05, 0) is 38.1 Å². The van der Waals surface area contributed by atoms with Crippen LogP contribution < -0.4 is 4.74 Å². The van der Waals surface area contributed by atoms with Crippen molar-refractivity contribution in [3.8, 4) is 17.1 Å². The second kappa shape index (κ2) is 6.34. The van der Waals surface area contributed by atoms with E-state index in [2.05, 4.69) is 14.7 Å². The number of carbonyl (C=O) groups excluding carboxylic acids is 1. The number of hydrogen-bond donors (Lipinski definition) is 1. The Kier molecular flexibility index (Phi) is 4.52. The van der Waals surface area contributed by atoms with Gasteiger partial charge in [0.15, 0.2) is 5.69 Å². The normalized spacial score (nSPS) is 10.7. The number of halogens is 2. The van der Waals surface area contributed by atoms with Crippen molar-refractivity contribution in [2.24, 2.45) is 0 Å². The molecule has 5 nitrogen and oxygen atoms in total. The van der Waals surface area contributed by atoms with Crippen LogP contribution in [0.25, 0.3) is 11.4 Å². The minimum Gasteiger partial charge on any atom is -0.461 e. The number of aromatic amines is 1. The van der Waals surface area contributed by atoms with E-state index in [1.807, 2.05) is 0 Å². The van der Waals surface area contributed by atoms with Crippen LogP contribution in [0.1, 0.15) is 23.1 Å². The van der Waals surface area contributed by atoms with Crippen molar-refractivity contribution in [2.45, 2.75) is 20.5 Å². The van der Waals surface area contributed by atoms with Gasteiger partial charge >= 0.3 is 12.6 Å². The highest BCUT2D eigenvalue weighted by Crippen LogP contribution is 2.22. The molecule has 0 atom stereocenters. The van der Waals surface area contributed by atoms with Gasteiger partial charge in [0.05, 0.1) is 6.61 Å². The van der Waals surface area contributed by atoms with Crippen LogP contribution in [-0.2, 0) is 4.74 Å². The van der Waals surface area contributed by atoms with Crippen molar-refractivity contribution >= 4 is 5.97 Å². The summed E-state index contributed by atoms with van der Waals surface area (Å²) in [6.45, 7) is 0.816. The largest absolute Gasteiger partial charge is 0.461 e. The standard InChI is InChI=1S/C14H14F2N2O3/c1-3-20-13(19)11-8(2)17-12(18-11)9-4-6-10(7-5-9)21-14(15)16/h4-7,14H,3H2,1-2H3,(H,17,18). The molecule has 0 aliphatic heterocycles. The van der Waals surface area contributed by atoms with Gasteiger partial charge in [-0.2, -0.15) is 8.78 Å². The molecule has 21 heavy (non-hydrogen) atoms. The van der Waals surface area contributed by atoms with Gasteiger partial charge in [0, 0.05) is 11.3 Å². The Morgan fingerprint density at radius 2 is 2.00 bits per heavy atom. The molecular formula is C14H14F2N2O3. The Hall–Kier alpha value is -2.44. The molecule has 7 heteroatoms. The summed E-state index contributed by atoms with van der Waals surface area (Å²) < 4.78 is 33.3. The number of imidazole rings is 1. The molecule has 0 unspecified atom stereocenters. The van der Waals surface area contributed by atoms with E-state index in [4.69, 9.17) is 4.74 Å². The number of aromatic nitrogens is 2. The molecule has 0 saturated carbocycles. The molecular weight excluding hydrogens is 282 g/mol. The van der Waals surface area contributed by atoms with Crippen LogP contribution in [0.15, 0.2) is 24.3 Å². The van der Waals surface area contributed by atoms with E-state index < -0.39 is 12.6 Å². The fraction of sp³-hybridized carbons (Fsp3) is 0.286. The summed E-state index contributed by atoms with van der Waals surface area (Å²) in [6.07, 6.45) is 0. The number of benzene rings is 1. The first kappa shape index (κ1) is 15.0. The van der Waals surface area contributed by atoms with Gasteiger partial charge in [-0.3, -0.25) is 0 Å². The minimum atomic E-state index is -2.86. The Balaban J connectivity index is 2.22. The molecule has 2 rings (SSSR count). The third-order valence-corrected chi connectivity index (χ3v) is 2.71.